The van der Waals surface area contributed by atoms with Gasteiger partial charge in [0, 0.05) is 32.1 Å². The summed E-state index contributed by atoms with van der Waals surface area (Å²) < 4.78 is 7.38. The lowest BCUT2D eigenvalue weighted by Crippen LogP contribution is -2.47. The zero-order chi connectivity index (χ0) is 18.8. The van der Waals surface area contributed by atoms with Gasteiger partial charge in [-0.1, -0.05) is 24.3 Å². The summed E-state index contributed by atoms with van der Waals surface area (Å²) >= 11 is 0. The van der Waals surface area contributed by atoms with E-state index in [1.807, 2.05) is 24.0 Å². The lowest BCUT2D eigenvalue weighted by molar-refractivity contribution is -0.147. The second-order valence-electron chi connectivity index (χ2n) is 7.54. The molecule has 2 aromatic rings. The molecule has 1 aromatic carbocycles. The van der Waals surface area contributed by atoms with Gasteiger partial charge in [-0.05, 0) is 42.9 Å². The number of carbonyl (C=O) groups is 1. The molecule has 2 aliphatic heterocycles. The molecule has 0 saturated carbocycles. The number of carbonyl (C=O) groups excluding carboxylic acids is 1. The Balaban J connectivity index is 1.33. The van der Waals surface area contributed by atoms with Crippen molar-refractivity contribution < 1.29 is 9.53 Å². The van der Waals surface area contributed by atoms with Crippen molar-refractivity contribution in [1.82, 2.24) is 14.7 Å². The summed E-state index contributed by atoms with van der Waals surface area (Å²) in [6.07, 6.45) is 2.05. The lowest BCUT2D eigenvalue weighted by atomic mass is 9.95. The Hall–Kier alpha value is -2.47. The van der Waals surface area contributed by atoms with E-state index in [9.17, 15) is 9.59 Å². The van der Waals surface area contributed by atoms with Crippen LogP contribution in [0.3, 0.4) is 0 Å². The number of likely N-dealkylation sites (tertiary alicyclic amines) is 1. The summed E-state index contributed by atoms with van der Waals surface area (Å²) in [4.78, 5) is 26.7. The van der Waals surface area contributed by atoms with Gasteiger partial charge >= 0.3 is 0 Å². The Morgan fingerprint density at radius 1 is 1.15 bits per heavy atom. The molecule has 1 amide bonds. The molecule has 142 valence electrons. The number of hydrogen-bond donors (Lipinski definition) is 0. The third kappa shape index (κ3) is 3.95. The number of benzene rings is 1. The Bertz CT molecular complexity index is 884. The van der Waals surface area contributed by atoms with Crippen LogP contribution in [0.25, 0.3) is 0 Å². The normalized spacial score (nSPS) is 20.3. The largest absolute Gasteiger partial charge is 0.363 e. The Morgan fingerprint density at radius 3 is 2.67 bits per heavy atom. The third-order valence-electron chi connectivity index (χ3n) is 5.60. The Kier molecular flexibility index (Phi) is 5.07. The minimum atomic E-state index is -0.377. The van der Waals surface area contributed by atoms with Crippen LogP contribution in [0, 0.1) is 12.8 Å². The quantitative estimate of drug-likeness (QED) is 0.832. The highest BCUT2D eigenvalue weighted by Gasteiger charge is 2.31. The van der Waals surface area contributed by atoms with Crippen molar-refractivity contribution in [3.05, 3.63) is 63.6 Å². The first-order valence-electron chi connectivity index (χ1n) is 9.62. The summed E-state index contributed by atoms with van der Waals surface area (Å²) in [6, 6.07) is 11.5. The summed E-state index contributed by atoms with van der Waals surface area (Å²) in [5.41, 5.74) is 3.17. The van der Waals surface area contributed by atoms with Gasteiger partial charge in [0.2, 0.25) is 0 Å². The highest BCUT2D eigenvalue weighted by atomic mass is 16.5. The molecule has 6 heteroatoms. The van der Waals surface area contributed by atoms with E-state index < -0.39 is 0 Å². The Labute approximate surface area is 158 Å². The Morgan fingerprint density at radius 2 is 1.89 bits per heavy atom. The SMILES string of the molecule is Cc1ccc(=O)n(CC2CCN(C(=O)C3Cc4ccccc4CO3)CC2)n1. The number of rotatable bonds is 3. The molecule has 1 fully saturated rings. The summed E-state index contributed by atoms with van der Waals surface area (Å²) in [7, 11) is 0. The van der Waals surface area contributed by atoms with Crippen molar-refractivity contribution in [2.24, 2.45) is 5.92 Å². The number of ether oxygens (including phenoxy) is 1. The molecule has 6 nitrogen and oxygen atoms in total. The zero-order valence-electron chi connectivity index (χ0n) is 15.6. The number of amides is 1. The standard InChI is InChI=1S/C21H25N3O3/c1-15-6-7-20(25)24(22-15)13-16-8-10-23(11-9-16)21(26)19-12-17-4-2-3-5-18(17)14-27-19/h2-7,16,19H,8-14H2,1H3. The van der Waals surface area contributed by atoms with Crippen molar-refractivity contribution in [1.29, 1.82) is 0 Å². The predicted molar refractivity (Wildman–Crippen MR) is 101 cm³/mol. The van der Waals surface area contributed by atoms with E-state index >= 15 is 0 Å². The van der Waals surface area contributed by atoms with Gasteiger partial charge in [0.1, 0.15) is 6.10 Å². The zero-order valence-corrected chi connectivity index (χ0v) is 15.6. The van der Waals surface area contributed by atoms with E-state index in [0.29, 0.717) is 38.6 Å². The van der Waals surface area contributed by atoms with Crippen LogP contribution in [-0.4, -0.2) is 39.8 Å². The van der Waals surface area contributed by atoms with Gasteiger partial charge in [0.25, 0.3) is 11.5 Å². The molecular weight excluding hydrogens is 342 g/mol. The minimum Gasteiger partial charge on any atom is -0.363 e. The third-order valence-corrected chi connectivity index (χ3v) is 5.60. The van der Waals surface area contributed by atoms with E-state index in [1.165, 1.54) is 11.1 Å². The van der Waals surface area contributed by atoms with Crippen LogP contribution in [0.5, 0.6) is 0 Å². The topological polar surface area (TPSA) is 64.4 Å². The average molecular weight is 367 g/mol. The number of piperidine rings is 1. The van der Waals surface area contributed by atoms with Crippen LogP contribution >= 0.6 is 0 Å². The molecule has 4 rings (SSSR count). The average Bonchev–Trinajstić information content (AvgIpc) is 2.70. The number of aromatic nitrogens is 2. The first-order chi connectivity index (χ1) is 13.1. The van der Waals surface area contributed by atoms with E-state index in [2.05, 4.69) is 17.2 Å². The maximum atomic E-state index is 12.9. The molecule has 0 aliphatic carbocycles. The van der Waals surface area contributed by atoms with Gasteiger partial charge < -0.3 is 9.64 Å². The van der Waals surface area contributed by atoms with E-state index in [-0.39, 0.29) is 17.6 Å². The molecule has 1 saturated heterocycles. The molecular formula is C21H25N3O3. The van der Waals surface area contributed by atoms with Crippen LogP contribution < -0.4 is 5.56 Å². The molecule has 0 N–H and O–H groups in total. The van der Waals surface area contributed by atoms with Gasteiger partial charge in [0.15, 0.2) is 0 Å². The lowest BCUT2D eigenvalue weighted by Gasteiger charge is -2.35. The molecule has 0 radical (unpaired) electrons. The highest BCUT2D eigenvalue weighted by Crippen LogP contribution is 2.24. The van der Waals surface area contributed by atoms with E-state index in [0.717, 1.165) is 18.5 Å². The first kappa shape index (κ1) is 17.9. The van der Waals surface area contributed by atoms with Crippen LogP contribution in [0.1, 0.15) is 29.7 Å². The van der Waals surface area contributed by atoms with Gasteiger partial charge in [-0.25, -0.2) is 4.68 Å². The van der Waals surface area contributed by atoms with Crippen molar-refractivity contribution in [3.63, 3.8) is 0 Å². The van der Waals surface area contributed by atoms with E-state index in [1.54, 1.807) is 16.8 Å². The van der Waals surface area contributed by atoms with Crippen molar-refractivity contribution in [3.8, 4) is 0 Å². The van der Waals surface area contributed by atoms with Crippen LogP contribution in [-0.2, 0) is 29.1 Å². The predicted octanol–water partition coefficient (Wildman–Crippen LogP) is 1.93. The second kappa shape index (κ2) is 7.64. The fourth-order valence-corrected chi connectivity index (χ4v) is 3.97. The van der Waals surface area contributed by atoms with Crippen LogP contribution in [0.2, 0.25) is 0 Å². The van der Waals surface area contributed by atoms with Crippen molar-refractivity contribution >= 4 is 5.91 Å². The highest BCUT2D eigenvalue weighted by molar-refractivity contribution is 5.81. The second-order valence-corrected chi connectivity index (χ2v) is 7.54. The number of aryl methyl sites for hydroxylation is 1. The molecule has 27 heavy (non-hydrogen) atoms. The molecule has 3 heterocycles. The van der Waals surface area contributed by atoms with Gasteiger partial charge in [-0.3, -0.25) is 9.59 Å². The van der Waals surface area contributed by atoms with Gasteiger partial charge in [0.05, 0.1) is 12.3 Å². The molecule has 0 spiro atoms. The monoisotopic (exact) mass is 367 g/mol. The maximum Gasteiger partial charge on any atom is 0.266 e. The minimum absolute atomic E-state index is 0.0617. The molecule has 1 aromatic heterocycles. The summed E-state index contributed by atoms with van der Waals surface area (Å²) in [6.45, 7) is 4.44. The molecule has 2 aliphatic rings. The van der Waals surface area contributed by atoms with Crippen LogP contribution in [0.15, 0.2) is 41.2 Å². The fourth-order valence-electron chi connectivity index (χ4n) is 3.97. The number of nitrogens with zero attached hydrogens (tertiary/aromatic N) is 3. The first-order valence-corrected chi connectivity index (χ1v) is 9.62. The van der Waals surface area contributed by atoms with Gasteiger partial charge in [-0.15, -0.1) is 0 Å². The summed E-state index contributed by atoms with van der Waals surface area (Å²) in [5.74, 6) is 0.461. The number of fused-ring (bicyclic) bond motifs is 1. The van der Waals surface area contributed by atoms with Crippen LogP contribution in [0.4, 0.5) is 0 Å². The summed E-state index contributed by atoms with van der Waals surface area (Å²) in [5, 5.41) is 4.32. The smallest absolute Gasteiger partial charge is 0.266 e. The molecule has 1 atom stereocenters. The number of hydrogen-bond acceptors (Lipinski definition) is 4. The molecule has 1 unspecified atom stereocenters. The van der Waals surface area contributed by atoms with Crippen molar-refractivity contribution in [2.75, 3.05) is 13.1 Å². The maximum absolute atomic E-state index is 12.9. The molecule has 0 bridgehead atoms. The van der Waals surface area contributed by atoms with Crippen molar-refractivity contribution in [2.45, 2.75) is 45.4 Å². The van der Waals surface area contributed by atoms with Gasteiger partial charge in [-0.2, -0.15) is 5.10 Å². The fraction of sp³-hybridized carbons (Fsp3) is 0.476. The van der Waals surface area contributed by atoms with E-state index in [4.69, 9.17) is 4.74 Å².